The molecule has 0 radical (unpaired) electrons. The van der Waals surface area contributed by atoms with Crippen molar-refractivity contribution < 1.29 is 17.9 Å². The van der Waals surface area contributed by atoms with Crippen LogP contribution in [0.15, 0.2) is 47.4 Å². The van der Waals surface area contributed by atoms with Gasteiger partial charge in [-0.05, 0) is 43.2 Å². The first kappa shape index (κ1) is 22.0. The summed E-state index contributed by atoms with van der Waals surface area (Å²) in [5, 5.41) is 2.84. The number of para-hydroxylation sites is 2. The molecule has 0 atom stereocenters. The number of benzene rings is 2. The third-order valence-electron chi connectivity index (χ3n) is 5.37. The van der Waals surface area contributed by atoms with Gasteiger partial charge in [0.25, 0.3) is 5.91 Å². The fraction of sp³-hybridized carbons (Fsp3) is 0.318. The lowest BCUT2D eigenvalue weighted by atomic mass is 10.2. The molecule has 1 N–H and O–H groups in total. The Balaban J connectivity index is 1.73. The molecular weight excluding hydrogens is 430 g/mol. The molecule has 1 amide bonds. The first-order chi connectivity index (χ1) is 15.3. The van der Waals surface area contributed by atoms with Crippen molar-refractivity contribution in [3.05, 3.63) is 48.0 Å². The van der Waals surface area contributed by atoms with Gasteiger partial charge >= 0.3 is 0 Å². The first-order valence-corrected chi connectivity index (χ1v) is 11.7. The summed E-state index contributed by atoms with van der Waals surface area (Å²) in [7, 11) is 0.429. The Morgan fingerprint density at radius 3 is 2.34 bits per heavy atom. The highest BCUT2D eigenvalue weighted by Crippen LogP contribution is 2.30. The van der Waals surface area contributed by atoms with Gasteiger partial charge in [0.1, 0.15) is 10.6 Å². The molecule has 0 unspecified atom stereocenters. The van der Waals surface area contributed by atoms with Crippen molar-refractivity contribution in [2.24, 2.45) is 0 Å². The summed E-state index contributed by atoms with van der Waals surface area (Å²) in [6, 6.07) is 11.8. The number of ether oxygens (including phenoxy) is 1. The molecule has 1 aromatic heterocycles. The second-order valence-corrected chi connectivity index (χ2v) is 9.81. The molecule has 0 spiro atoms. The highest BCUT2D eigenvalue weighted by Gasteiger charge is 2.25. The number of carbonyl (C=O) groups is 1. The van der Waals surface area contributed by atoms with Gasteiger partial charge in [-0.2, -0.15) is 0 Å². The third-order valence-corrected chi connectivity index (χ3v) is 7.21. The van der Waals surface area contributed by atoms with Gasteiger partial charge in [-0.1, -0.05) is 12.1 Å². The van der Waals surface area contributed by atoms with Crippen molar-refractivity contribution in [1.82, 2.24) is 14.3 Å². The topological polar surface area (TPSA) is 105 Å². The molecule has 168 valence electrons. The molecule has 0 saturated carbocycles. The fourth-order valence-electron chi connectivity index (χ4n) is 3.62. The minimum atomic E-state index is -3.81. The van der Waals surface area contributed by atoms with Gasteiger partial charge in [0.05, 0.1) is 18.1 Å². The number of carbonyl (C=O) groups excluding carboxylic acids is 1. The average Bonchev–Trinajstić information content (AvgIpc) is 3.32. The molecule has 10 heteroatoms. The molecule has 1 aliphatic rings. The van der Waals surface area contributed by atoms with E-state index in [1.807, 2.05) is 24.3 Å². The number of nitrogens with zero attached hydrogens (tertiary/aromatic N) is 4. The van der Waals surface area contributed by atoms with E-state index < -0.39 is 15.9 Å². The third kappa shape index (κ3) is 4.11. The van der Waals surface area contributed by atoms with E-state index in [-0.39, 0.29) is 16.2 Å². The van der Waals surface area contributed by atoms with Crippen LogP contribution in [0.25, 0.3) is 11.0 Å². The van der Waals surface area contributed by atoms with Crippen LogP contribution in [-0.4, -0.2) is 62.9 Å². The van der Waals surface area contributed by atoms with Crippen LogP contribution >= 0.6 is 0 Å². The van der Waals surface area contributed by atoms with Gasteiger partial charge in [-0.25, -0.2) is 22.7 Å². The van der Waals surface area contributed by atoms with E-state index in [9.17, 15) is 13.2 Å². The Labute approximate surface area is 187 Å². The molecule has 4 rings (SSSR count). The van der Waals surface area contributed by atoms with Crippen molar-refractivity contribution in [3.8, 4) is 5.75 Å². The van der Waals surface area contributed by atoms with Crippen LogP contribution in [0.1, 0.15) is 23.2 Å². The van der Waals surface area contributed by atoms with E-state index in [0.717, 1.165) is 35.8 Å². The molecule has 3 aromatic rings. The maximum Gasteiger partial charge on any atom is 0.256 e. The average molecular weight is 456 g/mol. The summed E-state index contributed by atoms with van der Waals surface area (Å²) < 4.78 is 31.7. The predicted molar refractivity (Wildman–Crippen MR) is 123 cm³/mol. The number of amides is 1. The normalized spacial score (nSPS) is 14.2. The second kappa shape index (κ2) is 8.71. The Kier molecular flexibility index (Phi) is 5.98. The summed E-state index contributed by atoms with van der Waals surface area (Å²) >= 11 is 0. The summed E-state index contributed by atoms with van der Waals surface area (Å²) in [6.45, 7) is 1.67. The molecule has 0 bridgehead atoms. The molecular formula is C22H25N5O4S. The maximum absolute atomic E-state index is 13.1. The Morgan fingerprint density at radius 2 is 1.72 bits per heavy atom. The van der Waals surface area contributed by atoms with E-state index in [4.69, 9.17) is 9.72 Å². The zero-order valence-corrected chi connectivity index (χ0v) is 19.0. The predicted octanol–water partition coefficient (Wildman–Crippen LogP) is 2.74. The van der Waals surface area contributed by atoms with Crippen LogP contribution in [0.3, 0.4) is 0 Å². The molecule has 1 aliphatic heterocycles. The first-order valence-electron chi connectivity index (χ1n) is 10.2. The Morgan fingerprint density at radius 1 is 1.06 bits per heavy atom. The molecule has 1 saturated heterocycles. The monoisotopic (exact) mass is 455 g/mol. The van der Waals surface area contributed by atoms with E-state index in [0.29, 0.717) is 17.2 Å². The molecule has 2 aromatic carbocycles. The standard InChI is InChI=1S/C22H25N5O4S/c1-26(2)32(29,30)19-14-15(10-11-18(19)31-3)22(28)25-20-21(27-12-6-7-13-27)24-17-9-5-4-8-16(17)23-20/h4-5,8-11,14H,6-7,12-13H2,1-3H3,(H,23,25,28). The lowest BCUT2D eigenvalue weighted by Crippen LogP contribution is -2.24. The highest BCUT2D eigenvalue weighted by atomic mass is 32.2. The summed E-state index contributed by atoms with van der Waals surface area (Å²) in [5.74, 6) is 0.652. The minimum absolute atomic E-state index is 0.0815. The van der Waals surface area contributed by atoms with Crippen LogP contribution in [0.5, 0.6) is 5.75 Å². The van der Waals surface area contributed by atoms with Crippen LogP contribution in [0.2, 0.25) is 0 Å². The Hall–Kier alpha value is -3.24. The molecule has 2 heterocycles. The van der Waals surface area contributed by atoms with Crippen LogP contribution in [0.4, 0.5) is 11.6 Å². The number of anilines is 2. The summed E-state index contributed by atoms with van der Waals surface area (Å²) in [5.41, 5.74) is 1.58. The van der Waals surface area contributed by atoms with Crippen molar-refractivity contribution >= 4 is 38.6 Å². The van der Waals surface area contributed by atoms with E-state index in [2.05, 4.69) is 15.2 Å². The quantitative estimate of drug-likeness (QED) is 0.609. The second-order valence-electron chi connectivity index (χ2n) is 7.69. The summed E-state index contributed by atoms with van der Waals surface area (Å²) in [4.78, 5) is 24.5. The van der Waals surface area contributed by atoms with E-state index in [1.165, 1.54) is 39.4 Å². The molecule has 1 fully saturated rings. The van der Waals surface area contributed by atoms with Gasteiger partial charge < -0.3 is 15.0 Å². The van der Waals surface area contributed by atoms with Crippen LogP contribution in [0, 0.1) is 0 Å². The SMILES string of the molecule is COc1ccc(C(=O)Nc2nc3ccccc3nc2N2CCCC2)cc1S(=O)(=O)N(C)C. The number of aromatic nitrogens is 2. The zero-order chi connectivity index (χ0) is 22.9. The number of sulfonamides is 1. The smallest absolute Gasteiger partial charge is 0.256 e. The van der Waals surface area contributed by atoms with Gasteiger partial charge in [-0.3, -0.25) is 4.79 Å². The lowest BCUT2D eigenvalue weighted by molar-refractivity contribution is 0.102. The van der Waals surface area contributed by atoms with Gasteiger partial charge in [0.15, 0.2) is 11.6 Å². The minimum Gasteiger partial charge on any atom is -0.495 e. The van der Waals surface area contributed by atoms with Crippen LogP contribution in [-0.2, 0) is 10.0 Å². The maximum atomic E-state index is 13.1. The molecule has 32 heavy (non-hydrogen) atoms. The number of methoxy groups -OCH3 is 1. The van der Waals surface area contributed by atoms with Crippen molar-refractivity contribution in [2.45, 2.75) is 17.7 Å². The van der Waals surface area contributed by atoms with Crippen molar-refractivity contribution in [1.29, 1.82) is 0 Å². The van der Waals surface area contributed by atoms with Crippen molar-refractivity contribution in [2.75, 3.05) is 44.5 Å². The lowest BCUT2D eigenvalue weighted by Gasteiger charge is -2.20. The number of fused-ring (bicyclic) bond motifs is 1. The van der Waals surface area contributed by atoms with E-state index in [1.54, 1.807) is 0 Å². The van der Waals surface area contributed by atoms with Crippen LogP contribution < -0.4 is 15.0 Å². The molecule has 9 nitrogen and oxygen atoms in total. The number of hydrogen-bond acceptors (Lipinski definition) is 7. The highest BCUT2D eigenvalue weighted by molar-refractivity contribution is 7.89. The molecule has 0 aliphatic carbocycles. The van der Waals surface area contributed by atoms with Gasteiger partial charge in [-0.15, -0.1) is 0 Å². The Bertz CT molecular complexity index is 1270. The fourth-order valence-corrected chi connectivity index (χ4v) is 4.69. The summed E-state index contributed by atoms with van der Waals surface area (Å²) in [6.07, 6.45) is 2.10. The number of rotatable bonds is 6. The zero-order valence-electron chi connectivity index (χ0n) is 18.2. The largest absolute Gasteiger partial charge is 0.495 e. The van der Waals surface area contributed by atoms with Gasteiger partial charge in [0.2, 0.25) is 10.0 Å². The number of hydrogen-bond donors (Lipinski definition) is 1. The van der Waals surface area contributed by atoms with Crippen molar-refractivity contribution in [3.63, 3.8) is 0 Å². The van der Waals surface area contributed by atoms with Gasteiger partial charge in [0, 0.05) is 32.7 Å². The number of nitrogens with one attached hydrogen (secondary N) is 1. The van der Waals surface area contributed by atoms with E-state index >= 15 is 0 Å².